The zero-order chi connectivity index (χ0) is 18.9. The molecular formula is C19H21ClN2O3S. The molecule has 7 heteroatoms. The molecule has 0 radical (unpaired) electrons. The van der Waals surface area contributed by atoms with Crippen LogP contribution in [0.2, 0.25) is 5.02 Å². The molecule has 0 aromatic heterocycles. The van der Waals surface area contributed by atoms with E-state index in [1.165, 1.54) is 6.07 Å². The van der Waals surface area contributed by atoms with Crippen LogP contribution in [-0.2, 0) is 14.8 Å². The summed E-state index contributed by atoms with van der Waals surface area (Å²) in [5.41, 5.74) is 2.60. The number of piperidine rings is 1. The summed E-state index contributed by atoms with van der Waals surface area (Å²) in [5.74, 6) is 0.0741. The number of anilines is 2. The molecule has 1 saturated heterocycles. The number of benzene rings is 2. The van der Waals surface area contributed by atoms with Crippen molar-refractivity contribution >= 4 is 38.9 Å². The van der Waals surface area contributed by atoms with Gasteiger partial charge in [-0.1, -0.05) is 23.7 Å². The van der Waals surface area contributed by atoms with E-state index in [0.29, 0.717) is 29.2 Å². The van der Waals surface area contributed by atoms with Crippen molar-refractivity contribution in [1.82, 2.24) is 0 Å². The Hall–Kier alpha value is -2.05. The van der Waals surface area contributed by atoms with Gasteiger partial charge in [0.05, 0.1) is 10.6 Å². The summed E-state index contributed by atoms with van der Waals surface area (Å²) >= 11 is 6.05. The Morgan fingerprint density at radius 3 is 2.62 bits per heavy atom. The number of nitrogens with one attached hydrogen (secondary N) is 1. The highest BCUT2D eigenvalue weighted by atomic mass is 35.5. The van der Waals surface area contributed by atoms with Crippen molar-refractivity contribution in [2.75, 3.05) is 16.2 Å². The number of amides is 1. The third-order valence-corrected chi connectivity index (χ3v) is 6.52. The second-order valence-electron chi connectivity index (χ2n) is 6.47. The summed E-state index contributed by atoms with van der Waals surface area (Å²) in [6.07, 6.45) is 2.37. The summed E-state index contributed by atoms with van der Waals surface area (Å²) in [7, 11) is -3.78. The Kier molecular flexibility index (Phi) is 5.25. The molecule has 0 spiro atoms. The van der Waals surface area contributed by atoms with Crippen molar-refractivity contribution in [3.8, 4) is 0 Å². The molecule has 0 saturated carbocycles. The molecule has 1 aliphatic heterocycles. The van der Waals surface area contributed by atoms with Gasteiger partial charge in [-0.15, -0.1) is 0 Å². The third-order valence-electron chi connectivity index (χ3n) is 4.58. The SMILES string of the molecule is Cc1ccc(NS(=O)(=O)c2cccc(Cl)c2C)cc1N1CCCCC1=O. The molecule has 0 aliphatic carbocycles. The van der Waals surface area contributed by atoms with E-state index in [0.717, 1.165) is 24.1 Å². The number of carbonyl (C=O) groups is 1. The topological polar surface area (TPSA) is 66.5 Å². The lowest BCUT2D eigenvalue weighted by Gasteiger charge is -2.28. The van der Waals surface area contributed by atoms with Crippen LogP contribution < -0.4 is 9.62 Å². The number of halogens is 1. The molecule has 0 unspecified atom stereocenters. The first kappa shape index (κ1) is 18.7. The highest BCUT2D eigenvalue weighted by molar-refractivity contribution is 7.92. The van der Waals surface area contributed by atoms with Gasteiger partial charge < -0.3 is 4.90 Å². The fraction of sp³-hybridized carbons (Fsp3) is 0.316. The molecule has 2 aromatic carbocycles. The monoisotopic (exact) mass is 392 g/mol. The first-order valence-electron chi connectivity index (χ1n) is 8.48. The normalized spacial score (nSPS) is 15.2. The number of hydrogen-bond donors (Lipinski definition) is 1. The van der Waals surface area contributed by atoms with Gasteiger partial charge in [0.15, 0.2) is 0 Å². The Bertz CT molecular complexity index is 957. The average Bonchev–Trinajstić information content (AvgIpc) is 2.59. The number of carbonyl (C=O) groups excluding carboxylic acids is 1. The molecular weight excluding hydrogens is 372 g/mol. The van der Waals surface area contributed by atoms with Gasteiger partial charge in [-0.05, 0) is 62.1 Å². The van der Waals surface area contributed by atoms with Crippen molar-refractivity contribution < 1.29 is 13.2 Å². The quantitative estimate of drug-likeness (QED) is 0.844. The van der Waals surface area contributed by atoms with Gasteiger partial charge in [-0.2, -0.15) is 0 Å². The van der Waals surface area contributed by atoms with Crippen LogP contribution in [0.3, 0.4) is 0 Å². The van der Waals surface area contributed by atoms with E-state index in [4.69, 9.17) is 11.6 Å². The maximum absolute atomic E-state index is 12.8. The highest BCUT2D eigenvalue weighted by Crippen LogP contribution is 2.30. The van der Waals surface area contributed by atoms with Crippen molar-refractivity contribution in [2.45, 2.75) is 38.0 Å². The number of sulfonamides is 1. The molecule has 1 N–H and O–H groups in total. The zero-order valence-corrected chi connectivity index (χ0v) is 16.3. The molecule has 1 heterocycles. The number of hydrogen-bond acceptors (Lipinski definition) is 3. The van der Waals surface area contributed by atoms with E-state index in [-0.39, 0.29) is 10.8 Å². The van der Waals surface area contributed by atoms with E-state index in [1.54, 1.807) is 36.1 Å². The second kappa shape index (κ2) is 7.29. The van der Waals surface area contributed by atoms with Crippen LogP contribution >= 0.6 is 11.6 Å². The Labute approximate surface area is 159 Å². The Balaban J connectivity index is 1.94. The lowest BCUT2D eigenvalue weighted by atomic mass is 10.1. The summed E-state index contributed by atoms with van der Waals surface area (Å²) in [5, 5.41) is 0.399. The van der Waals surface area contributed by atoms with Crippen molar-refractivity contribution in [3.63, 3.8) is 0 Å². The standard InChI is InChI=1S/C19H21ClN2O3S/c1-13-9-10-15(12-17(13)22-11-4-3-8-19(22)23)21-26(24,25)18-7-5-6-16(20)14(18)2/h5-7,9-10,12,21H,3-4,8,11H2,1-2H3. The van der Waals surface area contributed by atoms with E-state index < -0.39 is 10.0 Å². The minimum Gasteiger partial charge on any atom is -0.312 e. The fourth-order valence-electron chi connectivity index (χ4n) is 3.11. The molecule has 5 nitrogen and oxygen atoms in total. The van der Waals surface area contributed by atoms with Gasteiger partial charge in [0.2, 0.25) is 5.91 Å². The highest BCUT2D eigenvalue weighted by Gasteiger charge is 2.23. The van der Waals surface area contributed by atoms with Gasteiger partial charge in [0.1, 0.15) is 0 Å². The van der Waals surface area contributed by atoms with Crippen LogP contribution in [0.5, 0.6) is 0 Å². The molecule has 26 heavy (non-hydrogen) atoms. The van der Waals surface area contributed by atoms with Crippen molar-refractivity contribution in [3.05, 3.63) is 52.5 Å². The van der Waals surface area contributed by atoms with Crippen molar-refractivity contribution in [1.29, 1.82) is 0 Å². The minimum atomic E-state index is -3.78. The molecule has 1 aliphatic rings. The Morgan fingerprint density at radius 1 is 1.12 bits per heavy atom. The van der Waals surface area contributed by atoms with Gasteiger partial charge in [0.25, 0.3) is 10.0 Å². The maximum atomic E-state index is 12.8. The molecule has 3 rings (SSSR count). The first-order chi connectivity index (χ1) is 12.3. The van der Waals surface area contributed by atoms with Gasteiger partial charge in [-0.25, -0.2) is 8.42 Å². The largest absolute Gasteiger partial charge is 0.312 e. The summed E-state index contributed by atoms with van der Waals surface area (Å²) in [4.78, 5) is 14.1. The molecule has 0 bridgehead atoms. The predicted molar refractivity (Wildman–Crippen MR) is 104 cm³/mol. The van der Waals surface area contributed by atoms with Crippen molar-refractivity contribution in [2.24, 2.45) is 0 Å². The first-order valence-corrected chi connectivity index (χ1v) is 10.3. The van der Waals surface area contributed by atoms with Gasteiger partial charge in [-0.3, -0.25) is 9.52 Å². The van der Waals surface area contributed by atoms with Crippen LogP contribution in [0.15, 0.2) is 41.3 Å². The van der Waals surface area contributed by atoms with E-state index in [2.05, 4.69) is 4.72 Å². The molecule has 1 amide bonds. The summed E-state index contributed by atoms with van der Waals surface area (Å²) in [6, 6.07) is 10.0. The predicted octanol–water partition coefficient (Wildman–Crippen LogP) is 4.27. The van der Waals surface area contributed by atoms with Crippen LogP contribution in [0.25, 0.3) is 0 Å². The Morgan fingerprint density at radius 2 is 1.88 bits per heavy atom. The number of rotatable bonds is 4. The van der Waals surface area contributed by atoms with Gasteiger partial charge >= 0.3 is 0 Å². The second-order valence-corrected chi connectivity index (χ2v) is 8.53. The van der Waals surface area contributed by atoms with E-state index >= 15 is 0 Å². The third kappa shape index (κ3) is 3.71. The van der Waals surface area contributed by atoms with Crippen LogP contribution in [0.4, 0.5) is 11.4 Å². The summed E-state index contributed by atoms with van der Waals surface area (Å²) in [6.45, 7) is 4.24. The van der Waals surface area contributed by atoms with Crippen LogP contribution in [0.1, 0.15) is 30.4 Å². The average molecular weight is 393 g/mol. The number of nitrogens with zero attached hydrogens (tertiary/aromatic N) is 1. The lowest BCUT2D eigenvalue weighted by molar-refractivity contribution is -0.119. The molecule has 1 fully saturated rings. The fourth-order valence-corrected chi connectivity index (χ4v) is 4.66. The van der Waals surface area contributed by atoms with E-state index in [9.17, 15) is 13.2 Å². The number of aryl methyl sites for hydroxylation is 1. The summed E-state index contributed by atoms with van der Waals surface area (Å²) < 4.78 is 28.1. The minimum absolute atomic E-state index is 0.0741. The smallest absolute Gasteiger partial charge is 0.262 e. The van der Waals surface area contributed by atoms with Crippen LogP contribution in [-0.4, -0.2) is 20.9 Å². The molecule has 0 atom stereocenters. The van der Waals surface area contributed by atoms with E-state index in [1.807, 2.05) is 13.0 Å². The molecule has 2 aromatic rings. The van der Waals surface area contributed by atoms with Crippen LogP contribution in [0, 0.1) is 13.8 Å². The maximum Gasteiger partial charge on any atom is 0.262 e. The zero-order valence-electron chi connectivity index (χ0n) is 14.8. The van der Waals surface area contributed by atoms with Gasteiger partial charge in [0, 0.05) is 23.7 Å². The molecule has 138 valence electrons. The lowest BCUT2D eigenvalue weighted by Crippen LogP contribution is -2.35.